The van der Waals surface area contributed by atoms with Gasteiger partial charge in [-0.15, -0.1) is 0 Å². The van der Waals surface area contributed by atoms with Crippen molar-refractivity contribution < 1.29 is 10.2 Å². The monoisotopic (exact) mass is 300 g/mol. The van der Waals surface area contributed by atoms with E-state index in [9.17, 15) is 5.11 Å². The molecule has 2 N–H and O–H groups in total. The lowest BCUT2D eigenvalue weighted by atomic mass is 9.91. The van der Waals surface area contributed by atoms with Gasteiger partial charge in [-0.25, -0.2) is 0 Å². The molecule has 0 fully saturated rings. The smallest absolute Gasteiger partial charge is 0.0619 e. The number of aliphatic hydroxyl groups is 2. The zero-order valence-corrected chi connectivity index (χ0v) is 14.7. The van der Waals surface area contributed by atoms with Crippen molar-refractivity contribution in [3.8, 4) is 0 Å². The third-order valence-corrected chi connectivity index (χ3v) is 4.44. The Kier molecular flexibility index (Phi) is 14.8. The first-order chi connectivity index (χ1) is 10.1. The SMILES string of the molecule is CCCCCCCCCC(C)(O)CCCCCCCCO. The lowest BCUT2D eigenvalue weighted by Crippen LogP contribution is -2.23. The molecule has 0 bridgehead atoms. The van der Waals surface area contributed by atoms with E-state index in [1.807, 2.05) is 6.92 Å². The van der Waals surface area contributed by atoms with Crippen LogP contribution in [0, 0.1) is 0 Å². The van der Waals surface area contributed by atoms with Crippen molar-refractivity contribution in [1.82, 2.24) is 0 Å². The van der Waals surface area contributed by atoms with E-state index in [1.165, 1.54) is 64.2 Å². The summed E-state index contributed by atoms with van der Waals surface area (Å²) in [5, 5.41) is 19.1. The Labute approximate surface area is 133 Å². The second-order valence-electron chi connectivity index (χ2n) is 6.96. The topological polar surface area (TPSA) is 40.5 Å². The summed E-state index contributed by atoms with van der Waals surface area (Å²) in [7, 11) is 0. The molecule has 0 aromatic heterocycles. The van der Waals surface area contributed by atoms with Gasteiger partial charge in [0.05, 0.1) is 5.60 Å². The largest absolute Gasteiger partial charge is 0.396 e. The fourth-order valence-electron chi connectivity index (χ4n) is 2.91. The Hall–Kier alpha value is -0.0800. The molecule has 0 aliphatic heterocycles. The average Bonchev–Trinajstić information content (AvgIpc) is 2.45. The van der Waals surface area contributed by atoms with Gasteiger partial charge >= 0.3 is 0 Å². The summed E-state index contributed by atoms with van der Waals surface area (Å²) in [4.78, 5) is 0. The molecule has 0 amide bonds. The van der Waals surface area contributed by atoms with Crippen LogP contribution in [0.4, 0.5) is 0 Å². The van der Waals surface area contributed by atoms with Gasteiger partial charge in [-0.1, -0.05) is 84.0 Å². The van der Waals surface area contributed by atoms with Crippen molar-refractivity contribution in [1.29, 1.82) is 0 Å². The highest BCUT2D eigenvalue weighted by Gasteiger charge is 2.18. The van der Waals surface area contributed by atoms with Crippen LogP contribution in [0.2, 0.25) is 0 Å². The van der Waals surface area contributed by atoms with Crippen molar-refractivity contribution in [3.05, 3.63) is 0 Å². The van der Waals surface area contributed by atoms with Gasteiger partial charge in [-0.05, 0) is 26.2 Å². The first-order valence-corrected chi connectivity index (χ1v) is 9.45. The van der Waals surface area contributed by atoms with Crippen LogP contribution in [-0.4, -0.2) is 22.4 Å². The van der Waals surface area contributed by atoms with Crippen molar-refractivity contribution in [2.24, 2.45) is 0 Å². The van der Waals surface area contributed by atoms with Gasteiger partial charge in [0.2, 0.25) is 0 Å². The normalized spacial score (nSPS) is 14.3. The Morgan fingerprint density at radius 1 is 0.619 bits per heavy atom. The van der Waals surface area contributed by atoms with Crippen LogP contribution in [0.1, 0.15) is 110 Å². The molecule has 0 aliphatic carbocycles. The Morgan fingerprint density at radius 2 is 1.00 bits per heavy atom. The van der Waals surface area contributed by atoms with Gasteiger partial charge in [0, 0.05) is 6.61 Å². The molecule has 0 saturated heterocycles. The molecule has 2 heteroatoms. The number of aliphatic hydroxyl groups excluding tert-OH is 1. The van der Waals surface area contributed by atoms with E-state index in [4.69, 9.17) is 5.11 Å². The summed E-state index contributed by atoms with van der Waals surface area (Å²) in [5.41, 5.74) is -0.450. The summed E-state index contributed by atoms with van der Waals surface area (Å²) >= 11 is 0. The zero-order valence-electron chi connectivity index (χ0n) is 14.7. The van der Waals surface area contributed by atoms with E-state index in [0.717, 1.165) is 32.1 Å². The highest BCUT2D eigenvalue weighted by atomic mass is 16.3. The molecule has 1 unspecified atom stereocenters. The van der Waals surface area contributed by atoms with E-state index in [0.29, 0.717) is 6.61 Å². The van der Waals surface area contributed by atoms with E-state index in [2.05, 4.69) is 6.92 Å². The highest BCUT2D eigenvalue weighted by molar-refractivity contribution is 4.72. The third-order valence-electron chi connectivity index (χ3n) is 4.44. The van der Waals surface area contributed by atoms with E-state index in [1.54, 1.807) is 0 Å². The fraction of sp³-hybridized carbons (Fsp3) is 1.00. The molecule has 0 aromatic rings. The van der Waals surface area contributed by atoms with Crippen LogP contribution >= 0.6 is 0 Å². The lowest BCUT2D eigenvalue weighted by molar-refractivity contribution is 0.0366. The van der Waals surface area contributed by atoms with Crippen LogP contribution in [0.3, 0.4) is 0 Å². The molecular weight excluding hydrogens is 260 g/mol. The number of hydrogen-bond donors (Lipinski definition) is 2. The molecule has 0 aliphatic rings. The predicted molar refractivity (Wildman–Crippen MR) is 92.6 cm³/mol. The minimum absolute atomic E-state index is 0.327. The molecule has 0 radical (unpaired) electrons. The molecule has 21 heavy (non-hydrogen) atoms. The molecule has 0 aromatic carbocycles. The molecule has 128 valence electrons. The average molecular weight is 301 g/mol. The van der Waals surface area contributed by atoms with E-state index < -0.39 is 5.60 Å². The summed E-state index contributed by atoms with van der Waals surface area (Å²) in [5.74, 6) is 0. The standard InChI is InChI=1S/C19H40O2/c1-3-4-5-6-7-10-13-16-19(2,21)17-14-11-8-9-12-15-18-20/h20-21H,3-18H2,1-2H3. The molecule has 0 spiro atoms. The first kappa shape index (κ1) is 20.9. The number of hydrogen-bond acceptors (Lipinski definition) is 2. The maximum Gasteiger partial charge on any atom is 0.0619 e. The van der Waals surface area contributed by atoms with Crippen molar-refractivity contribution in [2.45, 2.75) is 116 Å². The highest BCUT2D eigenvalue weighted by Crippen LogP contribution is 2.22. The fourth-order valence-corrected chi connectivity index (χ4v) is 2.91. The minimum Gasteiger partial charge on any atom is -0.396 e. The first-order valence-electron chi connectivity index (χ1n) is 9.45. The zero-order chi connectivity index (χ0) is 15.8. The molecule has 0 saturated carbocycles. The molecular formula is C19H40O2. The van der Waals surface area contributed by atoms with Gasteiger partial charge in [0.25, 0.3) is 0 Å². The second-order valence-corrected chi connectivity index (χ2v) is 6.96. The Balaban J connectivity index is 3.35. The van der Waals surface area contributed by atoms with Crippen LogP contribution in [0.15, 0.2) is 0 Å². The van der Waals surface area contributed by atoms with Crippen LogP contribution in [0.5, 0.6) is 0 Å². The maximum absolute atomic E-state index is 10.4. The Bertz CT molecular complexity index is 182. The van der Waals surface area contributed by atoms with Crippen molar-refractivity contribution in [3.63, 3.8) is 0 Å². The molecule has 1 atom stereocenters. The van der Waals surface area contributed by atoms with Crippen molar-refractivity contribution >= 4 is 0 Å². The van der Waals surface area contributed by atoms with Crippen molar-refractivity contribution in [2.75, 3.05) is 6.61 Å². The van der Waals surface area contributed by atoms with Gasteiger partial charge in [0.15, 0.2) is 0 Å². The van der Waals surface area contributed by atoms with Gasteiger partial charge in [-0.3, -0.25) is 0 Å². The number of unbranched alkanes of at least 4 members (excludes halogenated alkanes) is 11. The van der Waals surface area contributed by atoms with Crippen LogP contribution in [0.25, 0.3) is 0 Å². The van der Waals surface area contributed by atoms with Gasteiger partial charge in [-0.2, -0.15) is 0 Å². The molecule has 0 heterocycles. The third kappa shape index (κ3) is 16.1. The Morgan fingerprint density at radius 3 is 1.43 bits per heavy atom. The number of rotatable bonds is 16. The molecule has 2 nitrogen and oxygen atoms in total. The minimum atomic E-state index is -0.450. The van der Waals surface area contributed by atoms with E-state index >= 15 is 0 Å². The van der Waals surface area contributed by atoms with Gasteiger partial charge < -0.3 is 10.2 Å². The lowest BCUT2D eigenvalue weighted by Gasteiger charge is -2.23. The summed E-state index contributed by atoms with van der Waals surface area (Å²) in [6.45, 7) is 4.59. The maximum atomic E-state index is 10.4. The summed E-state index contributed by atoms with van der Waals surface area (Å²) in [6, 6.07) is 0. The van der Waals surface area contributed by atoms with E-state index in [-0.39, 0.29) is 0 Å². The second kappa shape index (κ2) is 14.8. The predicted octanol–water partition coefficient (Wildman–Crippen LogP) is 5.60. The summed E-state index contributed by atoms with van der Waals surface area (Å²) in [6.07, 6.45) is 18.0. The summed E-state index contributed by atoms with van der Waals surface area (Å²) < 4.78 is 0. The quantitative estimate of drug-likeness (QED) is 0.364. The van der Waals surface area contributed by atoms with Gasteiger partial charge in [0.1, 0.15) is 0 Å². The van der Waals surface area contributed by atoms with Crippen LogP contribution in [-0.2, 0) is 0 Å². The molecule has 0 rings (SSSR count). The van der Waals surface area contributed by atoms with Crippen LogP contribution < -0.4 is 0 Å².